The number of nitrogens with zero attached hydrogens (tertiary/aromatic N) is 1. The molecule has 0 aliphatic carbocycles. The monoisotopic (exact) mass is 264 g/mol. The van der Waals surface area contributed by atoms with Crippen LogP contribution in [0.5, 0.6) is 0 Å². The molecule has 2 N–H and O–H groups in total. The molecule has 0 atom stereocenters. The summed E-state index contributed by atoms with van der Waals surface area (Å²) in [5.74, 6) is 0. The molecule has 0 saturated carbocycles. The molecular weight excluding hydrogens is 244 g/mol. The van der Waals surface area contributed by atoms with Gasteiger partial charge in [-0.1, -0.05) is 36.9 Å². The van der Waals surface area contributed by atoms with Crippen LogP contribution in [0.1, 0.15) is 18.4 Å². The highest BCUT2D eigenvalue weighted by Crippen LogP contribution is 2.14. The zero-order valence-electron chi connectivity index (χ0n) is 10.7. The van der Waals surface area contributed by atoms with Crippen LogP contribution in [0.3, 0.4) is 0 Å². The van der Waals surface area contributed by atoms with Crippen molar-refractivity contribution in [1.29, 1.82) is 0 Å². The van der Waals surface area contributed by atoms with Gasteiger partial charge in [0.25, 0.3) is 0 Å². The third-order valence-electron chi connectivity index (χ3n) is 2.65. The lowest BCUT2D eigenvalue weighted by Crippen LogP contribution is -2.36. The Bertz CT molecular complexity index is 392. The third kappa shape index (κ3) is 4.47. The first kappa shape index (κ1) is 14.7. The molecule has 0 aliphatic heterocycles. The number of aliphatic hydroxyl groups excluding tert-OH is 1. The van der Waals surface area contributed by atoms with Crippen LogP contribution < -0.4 is 5.32 Å². The molecular formula is C14H20N2OS. The molecule has 1 aromatic carbocycles. The molecule has 4 heteroatoms. The summed E-state index contributed by atoms with van der Waals surface area (Å²) in [4.78, 5) is 1.97. The van der Waals surface area contributed by atoms with Crippen LogP contribution >= 0.6 is 12.2 Å². The average molecular weight is 264 g/mol. The van der Waals surface area contributed by atoms with Gasteiger partial charge in [-0.15, -0.1) is 0 Å². The second-order valence-electron chi connectivity index (χ2n) is 4.02. The van der Waals surface area contributed by atoms with Crippen molar-refractivity contribution in [2.24, 2.45) is 0 Å². The molecule has 0 amide bonds. The molecule has 3 nitrogen and oxygen atoms in total. The lowest BCUT2D eigenvalue weighted by atomic mass is 10.2. The second kappa shape index (κ2) is 7.84. The van der Waals surface area contributed by atoms with E-state index in [0.29, 0.717) is 18.1 Å². The second-order valence-corrected chi connectivity index (χ2v) is 4.41. The van der Waals surface area contributed by atoms with Crippen molar-refractivity contribution in [3.63, 3.8) is 0 Å². The molecule has 0 spiro atoms. The molecule has 0 saturated heterocycles. The molecule has 0 fully saturated rings. The number of hydrogen-bond acceptors (Lipinski definition) is 2. The molecule has 0 aromatic heterocycles. The average Bonchev–Trinajstić information content (AvgIpc) is 2.42. The maximum Gasteiger partial charge on any atom is 0.173 e. The number of thiocarbonyl (C=S) groups is 1. The highest BCUT2D eigenvalue weighted by molar-refractivity contribution is 7.80. The van der Waals surface area contributed by atoms with E-state index in [4.69, 9.17) is 17.3 Å². The fourth-order valence-electron chi connectivity index (χ4n) is 1.65. The first-order valence-electron chi connectivity index (χ1n) is 6.01. The van der Waals surface area contributed by atoms with E-state index in [-0.39, 0.29) is 6.61 Å². The van der Waals surface area contributed by atoms with Gasteiger partial charge in [0.15, 0.2) is 5.11 Å². The number of nitrogens with one attached hydrogen (secondary N) is 1. The third-order valence-corrected chi connectivity index (χ3v) is 3.07. The molecule has 0 unspecified atom stereocenters. The molecule has 0 bridgehead atoms. The van der Waals surface area contributed by atoms with E-state index < -0.39 is 0 Å². The summed E-state index contributed by atoms with van der Waals surface area (Å²) in [5, 5.41) is 12.5. The van der Waals surface area contributed by atoms with E-state index in [1.54, 1.807) is 7.05 Å². The fourth-order valence-corrected chi connectivity index (χ4v) is 1.84. The lowest BCUT2D eigenvalue weighted by molar-refractivity contribution is 0.284. The number of aliphatic hydroxyl groups is 1. The Morgan fingerprint density at radius 1 is 1.39 bits per heavy atom. The van der Waals surface area contributed by atoms with Crippen LogP contribution in [-0.2, 0) is 6.54 Å². The lowest BCUT2D eigenvalue weighted by Gasteiger charge is -2.27. The standard InChI is InChI=1S/C14H20N2OS/c1-12(7-6-10-17)16(14(18)15-2)11-13-8-4-3-5-9-13/h3-5,8-9,17H,1,6-7,10-11H2,2H3,(H,15,18). The smallest absolute Gasteiger partial charge is 0.173 e. The highest BCUT2D eigenvalue weighted by Gasteiger charge is 2.12. The molecule has 0 aliphatic rings. The summed E-state index contributed by atoms with van der Waals surface area (Å²) in [6, 6.07) is 10.1. The van der Waals surface area contributed by atoms with Crippen LogP contribution in [-0.4, -0.2) is 28.8 Å². The van der Waals surface area contributed by atoms with E-state index >= 15 is 0 Å². The molecule has 98 valence electrons. The minimum absolute atomic E-state index is 0.171. The van der Waals surface area contributed by atoms with Crippen molar-refractivity contribution in [2.45, 2.75) is 19.4 Å². The Hall–Kier alpha value is -1.39. The Kier molecular flexibility index (Phi) is 6.39. The Morgan fingerprint density at radius 2 is 2.06 bits per heavy atom. The normalized spacial score (nSPS) is 9.89. The maximum atomic E-state index is 8.87. The summed E-state index contributed by atoms with van der Waals surface area (Å²) in [6.07, 6.45) is 1.45. The van der Waals surface area contributed by atoms with Crippen molar-refractivity contribution < 1.29 is 5.11 Å². The predicted molar refractivity (Wildman–Crippen MR) is 79.1 cm³/mol. The maximum absolute atomic E-state index is 8.87. The Balaban J connectivity index is 2.73. The molecule has 18 heavy (non-hydrogen) atoms. The van der Waals surface area contributed by atoms with Crippen molar-refractivity contribution >= 4 is 17.3 Å². The van der Waals surface area contributed by atoms with Gasteiger partial charge >= 0.3 is 0 Å². The summed E-state index contributed by atoms with van der Waals surface area (Å²) in [6.45, 7) is 4.92. The Labute approximate surface area is 114 Å². The van der Waals surface area contributed by atoms with Crippen LogP contribution in [0.2, 0.25) is 0 Å². The van der Waals surface area contributed by atoms with Gasteiger partial charge in [0.2, 0.25) is 0 Å². The van der Waals surface area contributed by atoms with E-state index in [1.165, 1.54) is 5.56 Å². The predicted octanol–water partition coefficient (Wildman–Crippen LogP) is 2.28. The number of allylic oxidation sites excluding steroid dienone is 1. The van der Waals surface area contributed by atoms with Crippen molar-refractivity contribution in [3.05, 3.63) is 48.2 Å². The van der Waals surface area contributed by atoms with Crippen molar-refractivity contribution in [2.75, 3.05) is 13.7 Å². The first-order valence-corrected chi connectivity index (χ1v) is 6.41. The summed E-state index contributed by atoms with van der Waals surface area (Å²) < 4.78 is 0. The summed E-state index contributed by atoms with van der Waals surface area (Å²) in [7, 11) is 1.81. The molecule has 1 rings (SSSR count). The van der Waals surface area contributed by atoms with Gasteiger partial charge in [-0.2, -0.15) is 0 Å². The van der Waals surface area contributed by atoms with Crippen LogP contribution in [0.4, 0.5) is 0 Å². The summed E-state index contributed by atoms with van der Waals surface area (Å²) in [5.41, 5.74) is 2.10. The number of benzene rings is 1. The van der Waals surface area contributed by atoms with Crippen molar-refractivity contribution in [1.82, 2.24) is 10.2 Å². The minimum atomic E-state index is 0.171. The quantitative estimate of drug-likeness (QED) is 0.773. The molecule has 1 aromatic rings. The van der Waals surface area contributed by atoms with E-state index in [2.05, 4.69) is 24.0 Å². The fraction of sp³-hybridized carbons (Fsp3) is 0.357. The first-order chi connectivity index (χ1) is 8.69. The topological polar surface area (TPSA) is 35.5 Å². The van der Waals surface area contributed by atoms with Crippen LogP contribution in [0.15, 0.2) is 42.6 Å². The number of rotatable bonds is 6. The van der Waals surface area contributed by atoms with Gasteiger partial charge in [0.1, 0.15) is 0 Å². The van der Waals surface area contributed by atoms with Gasteiger partial charge in [-0.3, -0.25) is 0 Å². The van der Waals surface area contributed by atoms with Gasteiger partial charge in [0.05, 0.1) is 0 Å². The zero-order chi connectivity index (χ0) is 13.4. The largest absolute Gasteiger partial charge is 0.396 e. The van der Waals surface area contributed by atoms with Gasteiger partial charge in [0, 0.05) is 25.9 Å². The summed E-state index contributed by atoms with van der Waals surface area (Å²) >= 11 is 5.29. The number of hydrogen-bond donors (Lipinski definition) is 2. The van der Waals surface area contributed by atoms with Crippen LogP contribution in [0, 0.1) is 0 Å². The SMILES string of the molecule is C=C(CCCO)N(Cc1ccccc1)C(=S)NC. The Morgan fingerprint density at radius 3 is 2.61 bits per heavy atom. The highest BCUT2D eigenvalue weighted by atomic mass is 32.1. The van der Waals surface area contributed by atoms with Gasteiger partial charge < -0.3 is 15.3 Å². The molecule has 0 heterocycles. The minimum Gasteiger partial charge on any atom is -0.396 e. The van der Waals surface area contributed by atoms with E-state index in [9.17, 15) is 0 Å². The van der Waals surface area contributed by atoms with Gasteiger partial charge in [-0.05, 0) is 30.6 Å². The van der Waals surface area contributed by atoms with Crippen molar-refractivity contribution in [3.8, 4) is 0 Å². The zero-order valence-corrected chi connectivity index (χ0v) is 11.5. The van der Waals surface area contributed by atoms with E-state index in [0.717, 1.165) is 12.1 Å². The van der Waals surface area contributed by atoms with Gasteiger partial charge in [-0.25, -0.2) is 0 Å². The molecule has 0 radical (unpaired) electrons. The van der Waals surface area contributed by atoms with E-state index in [1.807, 2.05) is 23.1 Å². The van der Waals surface area contributed by atoms with Crippen LogP contribution in [0.25, 0.3) is 0 Å².